The number of hydrogen-bond acceptors (Lipinski definition) is 2. The molecule has 0 aliphatic carbocycles. The van der Waals surface area contributed by atoms with E-state index >= 15 is 0 Å². The van der Waals surface area contributed by atoms with Gasteiger partial charge in [0.05, 0.1) is 0 Å². The number of rotatable bonds is 6. The third-order valence-corrected chi connectivity index (χ3v) is 3.41. The first-order chi connectivity index (χ1) is 9.34. The van der Waals surface area contributed by atoms with Crippen LogP contribution in [0.5, 0.6) is 0 Å². The third-order valence-electron chi connectivity index (χ3n) is 3.41. The standard InChI is InChI=1S/C16H22N2O/c19-16(7-6-14-4-2-1-3-5-14)18-13-10-15-8-11-17-12-9-15/h1-5,8,17H,6-7,9-13H2,(H,18,19). The minimum atomic E-state index is 0.151. The molecule has 0 aromatic heterocycles. The molecule has 0 atom stereocenters. The zero-order valence-electron chi connectivity index (χ0n) is 11.3. The Labute approximate surface area is 115 Å². The lowest BCUT2D eigenvalue weighted by Crippen LogP contribution is -2.26. The van der Waals surface area contributed by atoms with Crippen molar-refractivity contribution in [3.63, 3.8) is 0 Å². The van der Waals surface area contributed by atoms with Gasteiger partial charge in [-0.25, -0.2) is 0 Å². The molecule has 3 heteroatoms. The Bertz CT molecular complexity index is 426. The highest BCUT2D eigenvalue weighted by atomic mass is 16.1. The van der Waals surface area contributed by atoms with Gasteiger partial charge >= 0.3 is 0 Å². The van der Waals surface area contributed by atoms with E-state index in [1.54, 1.807) is 0 Å². The molecule has 19 heavy (non-hydrogen) atoms. The monoisotopic (exact) mass is 258 g/mol. The Morgan fingerprint density at radius 1 is 1.21 bits per heavy atom. The van der Waals surface area contributed by atoms with Gasteiger partial charge in [-0.05, 0) is 31.4 Å². The highest BCUT2D eigenvalue weighted by Gasteiger charge is 2.05. The number of amides is 1. The number of aryl methyl sites for hydroxylation is 1. The van der Waals surface area contributed by atoms with Gasteiger partial charge in [-0.3, -0.25) is 4.79 Å². The van der Waals surface area contributed by atoms with Crippen molar-refractivity contribution >= 4 is 5.91 Å². The first kappa shape index (κ1) is 13.8. The van der Waals surface area contributed by atoms with Crippen LogP contribution < -0.4 is 10.6 Å². The van der Waals surface area contributed by atoms with Gasteiger partial charge in [-0.2, -0.15) is 0 Å². The van der Waals surface area contributed by atoms with Crippen molar-refractivity contribution in [1.29, 1.82) is 0 Å². The Kier molecular flexibility index (Phi) is 5.63. The van der Waals surface area contributed by atoms with Crippen molar-refractivity contribution in [2.24, 2.45) is 0 Å². The van der Waals surface area contributed by atoms with Gasteiger partial charge in [0, 0.05) is 19.5 Å². The normalized spacial score (nSPS) is 14.8. The molecule has 1 aromatic carbocycles. The number of hydrogen-bond donors (Lipinski definition) is 2. The molecule has 0 spiro atoms. The third kappa shape index (κ3) is 5.26. The number of benzene rings is 1. The molecule has 1 aliphatic rings. The van der Waals surface area contributed by atoms with E-state index in [0.717, 1.165) is 38.9 Å². The molecule has 0 bridgehead atoms. The van der Waals surface area contributed by atoms with Gasteiger partial charge in [0.1, 0.15) is 0 Å². The molecule has 0 fully saturated rings. The summed E-state index contributed by atoms with van der Waals surface area (Å²) >= 11 is 0. The molecule has 0 unspecified atom stereocenters. The predicted octanol–water partition coefficient (Wildman–Crippen LogP) is 2.05. The molecular weight excluding hydrogens is 236 g/mol. The zero-order valence-corrected chi connectivity index (χ0v) is 11.3. The molecule has 1 heterocycles. The minimum Gasteiger partial charge on any atom is -0.356 e. The molecule has 1 amide bonds. The Morgan fingerprint density at radius 3 is 2.79 bits per heavy atom. The molecule has 1 aromatic rings. The van der Waals surface area contributed by atoms with Crippen LogP contribution in [0.15, 0.2) is 42.0 Å². The number of carbonyl (C=O) groups is 1. The molecule has 2 rings (SSSR count). The van der Waals surface area contributed by atoms with Crippen molar-refractivity contribution in [2.45, 2.75) is 25.7 Å². The van der Waals surface area contributed by atoms with Crippen molar-refractivity contribution in [2.75, 3.05) is 19.6 Å². The maximum absolute atomic E-state index is 11.7. The van der Waals surface area contributed by atoms with E-state index in [-0.39, 0.29) is 5.91 Å². The van der Waals surface area contributed by atoms with Crippen molar-refractivity contribution in [3.8, 4) is 0 Å². The van der Waals surface area contributed by atoms with E-state index in [4.69, 9.17) is 0 Å². The van der Waals surface area contributed by atoms with Crippen LogP contribution in [0.3, 0.4) is 0 Å². The van der Waals surface area contributed by atoms with Crippen molar-refractivity contribution in [3.05, 3.63) is 47.5 Å². The molecule has 1 aliphatic heterocycles. The Morgan fingerprint density at radius 2 is 2.05 bits per heavy atom. The van der Waals surface area contributed by atoms with Gasteiger partial charge in [-0.15, -0.1) is 0 Å². The molecule has 3 nitrogen and oxygen atoms in total. The van der Waals surface area contributed by atoms with E-state index in [0.29, 0.717) is 6.42 Å². The van der Waals surface area contributed by atoms with E-state index < -0.39 is 0 Å². The highest BCUT2D eigenvalue weighted by Crippen LogP contribution is 2.08. The second kappa shape index (κ2) is 7.74. The van der Waals surface area contributed by atoms with E-state index in [1.165, 1.54) is 11.1 Å². The lowest BCUT2D eigenvalue weighted by atomic mass is 10.1. The van der Waals surface area contributed by atoms with Crippen LogP contribution in [0.2, 0.25) is 0 Å². The largest absolute Gasteiger partial charge is 0.356 e. The smallest absolute Gasteiger partial charge is 0.220 e. The summed E-state index contributed by atoms with van der Waals surface area (Å²) < 4.78 is 0. The van der Waals surface area contributed by atoms with E-state index in [1.807, 2.05) is 18.2 Å². The number of carbonyl (C=O) groups excluding carboxylic acids is 1. The Hall–Kier alpha value is -1.61. The molecule has 102 valence electrons. The average molecular weight is 258 g/mol. The van der Waals surface area contributed by atoms with Crippen LogP contribution in [-0.2, 0) is 11.2 Å². The molecule has 0 radical (unpaired) electrons. The van der Waals surface area contributed by atoms with Crippen molar-refractivity contribution in [1.82, 2.24) is 10.6 Å². The fourth-order valence-corrected chi connectivity index (χ4v) is 2.25. The van der Waals surface area contributed by atoms with Gasteiger partial charge in [0.15, 0.2) is 0 Å². The molecule has 2 N–H and O–H groups in total. The summed E-state index contributed by atoms with van der Waals surface area (Å²) in [5.74, 6) is 0.151. The maximum atomic E-state index is 11.7. The summed E-state index contributed by atoms with van der Waals surface area (Å²) in [6.45, 7) is 2.80. The SMILES string of the molecule is O=C(CCc1ccccc1)NCCC1=CCNCC1. The highest BCUT2D eigenvalue weighted by molar-refractivity contribution is 5.76. The maximum Gasteiger partial charge on any atom is 0.220 e. The quantitative estimate of drug-likeness (QED) is 0.767. The van der Waals surface area contributed by atoms with E-state index in [2.05, 4.69) is 28.8 Å². The lowest BCUT2D eigenvalue weighted by molar-refractivity contribution is -0.121. The minimum absolute atomic E-state index is 0.151. The second-order valence-electron chi connectivity index (χ2n) is 4.90. The van der Waals surface area contributed by atoms with Gasteiger partial charge < -0.3 is 10.6 Å². The Balaban J connectivity index is 1.61. The summed E-state index contributed by atoms with van der Waals surface area (Å²) in [5, 5.41) is 6.29. The van der Waals surface area contributed by atoms with Crippen LogP contribution in [-0.4, -0.2) is 25.5 Å². The molecular formula is C16H22N2O. The summed E-state index contributed by atoms with van der Waals surface area (Å²) in [6, 6.07) is 10.1. The topological polar surface area (TPSA) is 41.1 Å². The fraction of sp³-hybridized carbons (Fsp3) is 0.438. The second-order valence-corrected chi connectivity index (χ2v) is 4.90. The van der Waals surface area contributed by atoms with Gasteiger partial charge in [-0.1, -0.05) is 42.0 Å². The zero-order chi connectivity index (χ0) is 13.3. The number of nitrogens with one attached hydrogen (secondary N) is 2. The van der Waals surface area contributed by atoms with Crippen LogP contribution in [0.4, 0.5) is 0 Å². The first-order valence-electron chi connectivity index (χ1n) is 7.04. The van der Waals surface area contributed by atoms with Crippen LogP contribution in [0, 0.1) is 0 Å². The molecule has 0 saturated carbocycles. The lowest BCUT2D eigenvalue weighted by Gasteiger charge is -2.14. The predicted molar refractivity (Wildman–Crippen MR) is 78.0 cm³/mol. The van der Waals surface area contributed by atoms with Crippen molar-refractivity contribution < 1.29 is 4.79 Å². The van der Waals surface area contributed by atoms with Crippen LogP contribution in [0.25, 0.3) is 0 Å². The summed E-state index contributed by atoms with van der Waals surface area (Å²) in [4.78, 5) is 11.7. The average Bonchev–Trinajstić information content (AvgIpc) is 2.47. The summed E-state index contributed by atoms with van der Waals surface area (Å²) in [5.41, 5.74) is 2.68. The van der Waals surface area contributed by atoms with Crippen LogP contribution >= 0.6 is 0 Å². The van der Waals surface area contributed by atoms with E-state index in [9.17, 15) is 4.79 Å². The van der Waals surface area contributed by atoms with Gasteiger partial charge in [0.2, 0.25) is 5.91 Å². The molecule has 0 saturated heterocycles. The summed E-state index contributed by atoms with van der Waals surface area (Å²) in [6.07, 6.45) is 5.72. The fourth-order valence-electron chi connectivity index (χ4n) is 2.25. The summed E-state index contributed by atoms with van der Waals surface area (Å²) in [7, 11) is 0. The van der Waals surface area contributed by atoms with Gasteiger partial charge in [0.25, 0.3) is 0 Å². The first-order valence-corrected chi connectivity index (χ1v) is 7.04. The van der Waals surface area contributed by atoms with Crippen LogP contribution in [0.1, 0.15) is 24.8 Å².